The number of rotatable bonds is 8. The Bertz CT molecular complexity index is 680. The van der Waals surface area contributed by atoms with Crippen LogP contribution >= 0.6 is 0 Å². The first-order valence-electron chi connectivity index (χ1n) is 10.3. The van der Waals surface area contributed by atoms with Gasteiger partial charge in [0.05, 0.1) is 0 Å². The van der Waals surface area contributed by atoms with E-state index in [1.807, 2.05) is 0 Å². The van der Waals surface area contributed by atoms with Crippen LogP contribution in [0.5, 0.6) is 0 Å². The van der Waals surface area contributed by atoms with E-state index in [-0.39, 0.29) is 68.5 Å². The van der Waals surface area contributed by atoms with Crippen molar-refractivity contribution in [1.29, 1.82) is 0 Å². The number of unbranched alkanes of at least 4 members (excludes halogenated alkanes) is 2. The molecular weight excluding hydrogens is 471 g/mol. The normalized spacial score (nSPS) is 12.9. The fourth-order valence-electron chi connectivity index (χ4n) is 4.16. The molecule has 0 fully saturated rings. The first-order valence-corrected chi connectivity index (χ1v) is 11.7. The zero-order valence-electron chi connectivity index (χ0n) is 19.3. The number of benzene rings is 1. The zero-order chi connectivity index (χ0) is 18.6. The van der Waals surface area contributed by atoms with Crippen LogP contribution in [-0.2, 0) is 21.7 Å². The third-order valence-corrected chi connectivity index (χ3v) is 8.83. The molecule has 0 radical (unpaired) electrons. The summed E-state index contributed by atoms with van der Waals surface area (Å²) in [7, 11) is -0.383. The van der Waals surface area contributed by atoms with E-state index in [2.05, 4.69) is 54.5 Å². The summed E-state index contributed by atoms with van der Waals surface area (Å²) >= 11 is 0. The van der Waals surface area contributed by atoms with Gasteiger partial charge in [0.2, 0.25) is 0 Å². The van der Waals surface area contributed by atoms with Crippen molar-refractivity contribution in [2.45, 2.75) is 93.4 Å². The van der Waals surface area contributed by atoms with Crippen LogP contribution in [0.15, 0.2) is 16.3 Å². The van der Waals surface area contributed by atoms with Crippen molar-refractivity contribution < 1.29 is 58.9 Å². The van der Waals surface area contributed by atoms with Gasteiger partial charge in [-0.15, -0.1) is 0 Å². The third-order valence-electron chi connectivity index (χ3n) is 6.31. The summed E-state index contributed by atoms with van der Waals surface area (Å²) in [6.07, 6.45) is 12.8. The largest absolute Gasteiger partial charge is 4.00 e. The van der Waals surface area contributed by atoms with E-state index < -0.39 is 0 Å². The van der Waals surface area contributed by atoms with E-state index in [1.54, 1.807) is 32.7 Å². The Morgan fingerprint density at radius 2 is 1.24 bits per heavy atom. The van der Waals surface area contributed by atoms with Crippen molar-refractivity contribution >= 4 is 14.7 Å². The second-order valence-corrected chi connectivity index (χ2v) is 9.89. The molecule has 1 aliphatic carbocycles. The Labute approximate surface area is 216 Å². The number of allylic oxidation sites excluding steroid dienone is 4. The molecule has 5 heteroatoms. The molecule has 1 aromatic carbocycles. The molecule has 2 rings (SSSR count). The van der Waals surface area contributed by atoms with E-state index in [9.17, 15) is 0 Å². The van der Waals surface area contributed by atoms with Gasteiger partial charge in [-0.3, -0.25) is 0 Å². The molecule has 0 N–H and O–H groups in total. The first kappa shape index (κ1) is 34.1. The molecule has 162 valence electrons. The molecule has 1 aliphatic rings. The molecule has 0 saturated carbocycles. The van der Waals surface area contributed by atoms with E-state index in [4.69, 9.17) is 0 Å². The van der Waals surface area contributed by atoms with Crippen LogP contribution < -0.4 is 42.4 Å². The third kappa shape index (κ3) is 8.51. The van der Waals surface area contributed by atoms with Gasteiger partial charge < -0.3 is 37.2 Å². The summed E-state index contributed by atoms with van der Waals surface area (Å²) in [5, 5.41) is 3.49. The summed E-state index contributed by atoms with van der Waals surface area (Å²) in [4.78, 5) is 0. The molecule has 0 unspecified atom stereocenters. The van der Waals surface area contributed by atoms with Crippen molar-refractivity contribution in [2.24, 2.45) is 0 Å². The minimum Gasteiger partial charge on any atom is -1.00 e. The summed E-state index contributed by atoms with van der Waals surface area (Å²) in [5.41, 5.74) is 10.8. The van der Waals surface area contributed by atoms with Crippen LogP contribution in [0.2, 0.25) is 0 Å². The van der Waals surface area contributed by atoms with Gasteiger partial charge in [0.1, 0.15) is 0 Å². The molecule has 0 heterocycles. The molecule has 0 spiro atoms. The van der Waals surface area contributed by atoms with E-state index in [0.29, 0.717) is 0 Å². The summed E-state index contributed by atoms with van der Waals surface area (Å²) in [6, 6.07) is 0. The molecule has 0 saturated heterocycles. The van der Waals surface area contributed by atoms with Crippen molar-refractivity contribution in [2.75, 3.05) is 0 Å². The maximum Gasteiger partial charge on any atom is 4.00 e. The predicted molar refractivity (Wildman–Crippen MR) is 116 cm³/mol. The van der Waals surface area contributed by atoms with E-state index >= 15 is 0 Å². The van der Waals surface area contributed by atoms with Gasteiger partial charge in [-0.25, -0.2) is 16.8 Å². The van der Waals surface area contributed by atoms with E-state index in [1.165, 1.54) is 61.6 Å². The number of halogens is 3. The molecule has 0 amide bonds. The Hall–Kier alpha value is 0.501. The summed E-state index contributed by atoms with van der Waals surface area (Å²) < 4.78 is 0. The van der Waals surface area contributed by atoms with Crippen molar-refractivity contribution in [3.8, 4) is 0 Å². The van der Waals surface area contributed by atoms with E-state index in [0.717, 1.165) is 0 Å². The van der Waals surface area contributed by atoms with Gasteiger partial charge in [-0.05, 0) is 60.8 Å². The van der Waals surface area contributed by atoms with Crippen LogP contribution in [0.3, 0.4) is 0 Å². The smallest absolute Gasteiger partial charge is 1.00 e. The Morgan fingerprint density at radius 1 is 0.724 bits per heavy atom. The molecule has 0 aromatic heterocycles. The standard InChI is InChI=1S/C24H37Si.3ClH.Ti/c1-8-10-11-13-21-14-22(12-9-2)23(15-21)25-24-19(6)17(4)16(3)18(5)20(24)7;;;;/h8-13,15,25H2,1-7H3;3*1H;/q-1;;;;+4/p-3. The summed E-state index contributed by atoms with van der Waals surface area (Å²) in [6.45, 7) is 16.2. The quantitative estimate of drug-likeness (QED) is 0.198. The Balaban J connectivity index is -0.00000169. The Kier molecular flexibility index (Phi) is 19.0. The average molecular weight is 508 g/mol. The van der Waals surface area contributed by atoms with Gasteiger partial charge >= 0.3 is 21.7 Å². The maximum absolute atomic E-state index is 3.83. The van der Waals surface area contributed by atoms with Gasteiger partial charge in [0, 0.05) is 0 Å². The molecule has 0 aliphatic heterocycles. The molecule has 0 atom stereocenters. The van der Waals surface area contributed by atoms with Crippen LogP contribution in [0, 0.1) is 40.7 Å². The number of hydrogen-bond donors (Lipinski definition) is 0. The SMILES string of the molecule is CCCCCC1=[C-]C(CCC)=C([SiH2]c2c(C)c(C)c(C)c(C)c2C)C1.[Cl-].[Cl-].[Cl-].[Ti+4]. The minimum atomic E-state index is -0.383. The van der Waals surface area contributed by atoms with Gasteiger partial charge in [-0.1, -0.05) is 75.1 Å². The molecule has 29 heavy (non-hydrogen) atoms. The van der Waals surface area contributed by atoms with Crippen LogP contribution in [0.25, 0.3) is 0 Å². The molecule has 0 bridgehead atoms. The second kappa shape index (κ2) is 16.2. The fraction of sp³-hybridized carbons (Fsp3) is 0.583. The van der Waals surface area contributed by atoms with Gasteiger partial charge in [-0.2, -0.15) is 5.57 Å². The van der Waals surface area contributed by atoms with Crippen molar-refractivity contribution in [1.82, 2.24) is 0 Å². The van der Waals surface area contributed by atoms with Gasteiger partial charge in [0.15, 0.2) is 0 Å². The molecule has 1 aromatic rings. The predicted octanol–water partition coefficient (Wildman–Crippen LogP) is -3.20. The first-order chi connectivity index (χ1) is 11.9. The van der Waals surface area contributed by atoms with Crippen molar-refractivity contribution in [3.63, 3.8) is 0 Å². The summed E-state index contributed by atoms with van der Waals surface area (Å²) in [5.74, 6) is 0. The second-order valence-electron chi connectivity index (χ2n) is 7.97. The number of hydrogen-bond acceptors (Lipinski definition) is 0. The van der Waals surface area contributed by atoms with Crippen molar-refractivity contribution in [3.05, 3.63) is 50.2 Å². The monoisotopic (exact) mass is 506 g/mol. The Morgan fingerprint density at radius 3 is 1.72 bits per heavy atom. The van der Waals surface area contributed by atoms with Gasteiger partial charge in [0.25, 0.3) is 0 Å². The zero-order valence-corrected chi connectivity index (χ0v) is 24.5. The average Bonchev–Trinajstić information content (AvgIpc) is 2.97. The van der Waals surface area contributed by atoms with Crippen LogP contribution in [0.4, 0.5) is 0 Å². The maximum atomic E-state index is 3.83. The van der Waals surface area contributed by atoms with Crippen LogP contribution in [-0.4, -0.2) is 9.52 Å². The molecular formula is C24H37Cl3SiTi. The fourth-order valence-corrected chi connectivity index (χ4v) is 6.56. The minimum absolute atomic E-state index is 0. The topological polar surface area (TPSA) is 0 Å². The molecule has 0 nitrogen and oxygen atoms in total. The van der Waals surface area contributed by atoms with Crippen LogP contribution in [0.1, 0.15) is 86.6 Å².